The number of alkyl halides is 6. The van der Waals surface area contributed by atoms with Gasteiger partial charge >= 0.3 is 12.4 Å². The molecule has 4 heterocycles. The van der Waals surface area contributed by atoms with Crippen molar-refractivity contribution in [2.75, 3.05) is 31.2 Å². The van der Waals surface area contributed by atoms with Crippen LogP contribution >= 0.6 is 0 Å². The Kier molecular flexibility index (Phi) is 8.98. The van der Waals surface area contributed by atoms with Gasteiger partial charge in [0.15, 0.2) is 11.5 Å². The smallest absolute Gasteiger partial charge is 0.378 e. The van der Waals surface area contributed by atoms with Crippen LogP contribution in [-0.2, 0) is 40.9 Å². The van der Waals surface area contributed by atoms with Crippen molar-refractivity contribution in [1.29, 1.82) is 0 Å². The van der Waals surface area contributed by atoms with Crippen molar-refractivity contribution in [3.63, 3.8) is 0 Å². The van der Waals surface area contributed by atoms with Gasteiger partial charge in [-0.05, 0) is 48.2 Å². The highest BCUT2D eigenvalue weighted by Gasteiger charge is 2.49. The SMILES string of the molecule is NC1=N[C@](CCCC(F)(F)F)(c2ccc(F)cc2)C(=O)N1Cc1ccc(C(F)(F)F)c(C(=O)N2Cc3cnc(N4CCOCC4)nc3C2)c1. The highest BCUT2D eigenvalue weighted by molar-refractivity contribution is 6.07. The van der Waals surface area contributed by atoms with Crippen molar-refractivity contribution in [2.24, 2.45) is 10.7 Å². The second-order valence-electron chi connectivity index (χ2n) is 12.0. The van der Waals surface area contributed by atoms with E-state index in [4.69, 9.17) is 10.5 Å². The molecule has 3 aliphatic rings. The molecule has 2 amide bonds. The Morgan fingerprint density at radius 2 is 1.71 bits per heavy atom. The van der Waals surface area contributed by atoms with Crippen molar-refractivity contribution in [3.8, 4) is 0 Å². The first-order chi connectivity index (χ1) is 23.1. The molecule has 2 aromatic carbocycles. The van der Waals surface area contributed by atoms with E-state index in [2.05, 4.69) is 15.0 Å². The largest absolute Gasteiger partial charge is 0.417 e. The monoisotopic (exact) mass is 693 g/mol. The zero-order chi connectivity index (χ0) is 35.1. The van der Waals surface area contributed by atoms with Gasteiger partial charge in [0.25, 0.3) is 11.8 Å². The number of nitrogens with two attached hydrogens (primary N) is 1. The quantitative estimate of drug-likeness (QED) is 0.334. The van der Waals surface area contributed by atoms with Crippen molar-refractivity contribution in [1.82, 2.24) is 19.8 Å². The molecule has 0 aliphatic carbocycles. The number of nitrogens with zero attached hydrogens (tertiary/aromatic N) is 6. The number of benzene rings is 2. The lowest BCUT2D eigenvalue weighted by Crippen LogP contribution is -2.42. The topological polar surface area (TPSA) is 117 Å². The first kappa shape index (κ1) is 34.1. The maximum atomic E-state index is 14.2. The average Bonchev–Trinajstić information content (AvgIpc) is 3.58. The van der Waals surface area contributed by atoms with Gasteiger partial charge in [0, 0.05) is 37.8 Å². The molecular weight excluding hydrogens is 663 g/mol. The summed E-state index contributed by atoms with van der Waals surface area (Å²) in [5.41, 5.74) is 3.60. The number of hydrogen-bond donors (Lipinski definition) is 1. The number of anilines is 1. The Morgan fingerprint density at radius 1 is 1.00 bits per heavy atom. The number of aliphatic imine (C=N–C) groups is 1. The fourth-order valence-corrected chi connectivity index (χ4v) is 6.22. The van der Waals surface area contributed by atoms with Crippen LogP contribution in [0.2, 0.25) is 0 Å². The van der Waals surface area contributed by atoms with Gasteiger partial charge in [-0.2, -0.15) is 26.3 Å². The molecule has 1 saturated heterocycles. The standard InChI is InChI=1S/C32H30F7N7O3/c33-22-5-3-21(4-6-22)30(8-1-9-31(34,35)36)27(48)46(28(40)43-30)16-19-2-7-24(32(37,38)39)23(14-19)26(47)45-17-20-15-41-29(42-25(20)18-45)44-10-12-49-13-11-44/h2-7,14-15H,1,8-13,16-18H2,(H2,40,43)/t30-/m1/s1. The predicted molar refractivity (Wildman–Crippen MR) is 160 cm³/mol. The Bertz CT molecular complexity index is 1780. The van der Waals surface area contributed by atoms with Gasteiger partial charge in [0.05, 0.1) is 43.1 Å². The van der Waals surface area contributed by atoms with E-state index in [1.807, 2.05) is 4.90 Å². The highest BCUT2D eigenvalue weighted by Crippen LogP contribution is 2.40. The molecule has 3 aliphatic heterocycles. The number of carbonyl (C=O) groups is 2. The van der Waals surface area contributed by atoms with Crippen LogP contribution in [0.5, 0.6) is 0 Å². The van der Waals surface area contributed by atoms with Gasteiger partial charge in [0.2, 0.25) is 5.95 Å². The summed E-state index contributed by atoms with van der Waals surface area (Å²) in [6.07, 6.45) is -10.0. The molecule has 3 aromatic rings. The second-order valence-corrected chi connectivity index (χ2v) is 12.0. The normalized spacial score (nSPS) is 19.8. The van der Waals surface area contributed by atoms with E-state index in [-0.39, 0.29) is 24.2 Å². The molecule has 6 rings (SSSR count). The summed E-state index contributed by atoms with van der Waals surface area (Å²) in [7, 11) is 0. The molecule has 0 saturated carbocycles. The Balaban J connectivity index is 1.26. The molecule has 1 aromatic heterocycles. The summed E-state index contributed by atoms with van der Waals surface area (Å²) in [4.78, 5) is 44.8. The van der Waals surface area contributed by atoms with Gasteiger partial charge < -0.3 is 20.3 Å². The van der Waals surface area contributed by atoms with Crippen molar-refractivity contribution in [2.45, 2.75) is 56.8 Å². The number of carbonyl (C=O) groups excluding carboxylic acids is 2. The lowest BCUT2D eigenvalue weighted by molar-refractivity contribution is -0.139. The molecule has 1 fully saturated rings. The number of fused-ring (bicyclic) bond motifs is 1. The second kappa shape index (κ2) is 12.9. The van der Waals surface area contributed by atoms with E-state index in [9.17, 15) is 40.3 Å². The molecule has 1 atom stereocenters. The first-order valence-electron chi connectivity index (χ1n) is 15.3. The van der Waals surface area contributed by atoms with Crippen LogP contribution in [0.15, 0.2) is 53.7 Å². The van der Waals surface area contributed by atoms with Crippen LogP contribution in [-0.4, -0.2) is 70.0 Å². The Labute approximate surface area is 275 Å². The lowest BCUT2D eigenvalue weighted by atomic mass is 9.84. The molecule has 0 radical (unpaired) electrons. The molecule has 260 valence electrons. The first-order valence-corrected chi connectivity index (χ1v) is 15.3. The van der Waals surface area contributed by atoms with Crippen LogP contribution in [0.3, 0.4) is 0 Å². The van der Waals surface area contributed by atoms with Gasteiger partial charge in [-0.1, -0.05) is 18.2 Å². The average molecular weight is 694 g/mol. The Hall–Kier alpha value is -4.80. The minimum absolute atomic E-state index is 0.0264. The van der Waals surface area contributed by atoms with E-state index in [0.29, 0.717) is 43.5 Å². The number of aromatic nitrogens is 2. The number of hydrogen-bond acceptors (Lipinski definition) is 8. The summed E-state index contributed by atoms with van der Waals surface area (Å²) in [5, 5.41) is 0. The highest BCUT2D eigenvalue weighted by atomic mass is 19.4. The number of morpholine rings is 1. The third-order valence-electron chi connectivity index (χ3n) is 8.69. The summed E-state index contributed by atoms with van der Waals surface area (Å²) in [6, 6.07) is 7.33. The van der Waals surface area contributed by atoms with Crippen LogP contribution in [0.1, 0.15) is 57.6 Å². The number of rotatable bonds is 8. The van der Waals surface area contributed by atoms with E-state index in [1.165, 1.54) is 17.0 Å². The van der Waals surface area contributed by atoms with Crippen LogP contribution in [0.4, 0.5) is 36.7 Å². The van der Waals surface area contributed by atoms with Crippen molar-refractivity contribution >= 4 is 23.7 Å². The van der Waals surface area contributed by atoms with E-state index in [1.54, 1.807) is 6.20 Å². The maximum absolute atomic E-state index is 14.2. The number of halogens is 7. The number of guanidine groups is 1. The fourth-order valence-electron chi connectivity index (χ4n) is 6.22. The van der Waals surface area contributed by atoms with E-state index >= 15 is 0 Å². The van der Waals surface area contributed by atoms with E-state index < -0.39 is 78.4 Å². The Morgan fingerprint density at radius 3 is 2.39 bits per heavy atom. The van der Waals surface area contributed by atoms with Crippen LogP contribution in [0.25, 0.3) is 0 Å². The number of ether oxygens (including phenoxy) is 1. The van der Waals surface area contributed by atoms with Gasteiger partial charge in [-0.15, -0.1) is 0 Å². The molecule has 0 unspecified atom stereocenters. The molecule has 2 N–H and O–H groups in total. The zero-order valence-electron chi connectivity index (χ0n) is 25.8. The predicted octanol–water partition coefficient (Wildman–Crippen LogP) is 4.91. The summed E-state index contributed by atoms with van der Waals surface area (Å²) in [6.45, 7) is 1.59. The summed E-state index contributed by atoms with van der Waals surface area (Å²) in [5.74, 6) is -2.38. The molecule has 0 bridgehead atoms. The fraction of sp³-hybridized carbons (Fsp3) is 0.406. The minimum Gasteiger partial charge on any atom is -0.378 e. The van der Waals surface area contributed by atoms with Gasteiger partial charge in [-0.25, -0.2) is 19.4 Å². The zero-order valence-corrected chi connectivity index (χ0v) is 25.8. The van der Waals surface area contributed by atoms with Gasteiger partial charge in [0.1, 0.15) is 5.82 Å². The molecule has 10 nitrogen and oxygen atoms in total. The molecule has 49 heavy (non-hydrogen) atoms. The van der Waals surface area contributed by atoms with Crippen LogP contribution in [0, 0.1) is 5.82 Å². The molecular formula is C32H30F7N7O3. The summed E-state index contributed by atoms with van der Waals surface area (Å²) >= 11 is 0. The minimum atomic E-state index is -4.90. The third kappa shape index (κ3) is 7.02. The van der Waals surface area contributed by atoms with Gasteiger partial charge in [-0.3, -0.25) is 14.5 Å². The summed E-state index contributed by atoms with van der Waals surface area (Å²) < 4.78 is 101. The lowest BCUT2D eigenvalue weighted by Gasteiger charge is -2.27. The van der Waals surface area contributed by atoms with Crippen molar-refractivity contribution in [3.05, 3.63) is 88.0 Å². The van der Waals surface area contributed by atoms with Crippen LogP contribution < -0.4 is 10.6 Å². The maximum Gasteiger partial charge on any atom is 0.417 e. The molecule has 17 heteroatoms. The van der Waals surface area contributed by atoms with Crippen molar-refractivity contribution < 1.29 is 45.1 Å². The third-order valence-corrected chi connectivity index (χ3v) is 8.69. The number of amides is 2. The molecule has 0 spiro atoms. The van der Waals surface area contributed by atoms with E-state index in [0.717, 1.165) is 35.2 Å².